The highest BCUT2D eigenvalue weighted by Gasteiger charge is 2.43. The molecule has 2 aliphatic heterocycles. The van der Waals surface area contributed by atoms with Gasteiger partial charge in [0.05, 0.1) is 0 Å². The van der Waals surface area contributed by atoms with Crippen molar-refractivity contribution in [3.63, 3.8) is 0 Å². The first-order chi connectivity index (χ1) is 13.6. The minimum atomic E-state index is -2.36. The molecule has 2 aliphatic rings. The summed E-state index contributed by atoms with van der Waals surface area (Å²) in [5, 5.41) is 3.49. The summed E-state index contributed by atoms with van der Waals surface area (Å²) in [5.41, 5.74) is 5.07. The Labute approximate surface area is 170 Å². The van der Waals surface area contributed by atoms with Crippen LogP contribution in [0.2, 0.25) is 0 Å². The fraction of sp³-hybridized carbons (Fsp3) is 0.391. The van der Waals surface area contributed by atoms with Gasteiger partial charge in [0, 0.05) is 21.7 Å². The number of alkyl halides is 2. The third kappa shape index (κ3) is 3.96. The summed E-state index contributed by atoms with van der Waals surface area (Å²) in [6.07, 6.45) is 4.28. The predicted octanol–water partition coefficient (Wildman–Crippen LogP) is 5.91. The Morgan fingerprint density at radius 2 is 1.79 bits per heavy atom. The van der Waals surface area contributed by atoms with Gasteiger partial charge in [-0.3, -0.25) is 0 Å². The van der Waals surface area contributed by atoms with E-state index in [1.807, 2.05) is 12.1 Å². The molecule has 2 aromatic carbocycles. The molecule has 0 saturated carbocycles. The lowest BCUT2D eigenvalue weighted by molar-refractivity contribution is 0.179. The minimum absolute atomic E-state index is 0.0886. The van der Waals surface area contributed by atoms with E-state index in [2.05, 4.69) is 41.1 Å². The molecule has 4 rings (SSSR count). The van der Waals surface area contributed by atoms with Crippen molar-refractivity contribution >= 4 is 17.4 Å². The van der Waals surface area contributed by atoms with Crippen LogP contribution in [0.15, 0.2) is 65.7 Å². The van der Waals surface area contributed by atoms with E-state index in [0.717, 1.165) is 51.0 Å². The molecule has 0 atom stereocenters. The van der Waals surface area contributed by atoms with Gasteiger partial charge < -0.3 is 10.2 Å². The minimum Gasteiger partial charge on any atom is -0.358 e. The zero-order valence-corrected chi connectivity index (χ0v) is 16.8. The van der Waals surface area contributed by atoms with Crippen molar-refractivity contribution in [3.8, 4) is 0 Å². The highest BCUT2D eigenvalue weighted by molar-refractivity contribution is 7.99. The van der Waals surface area contributed by atoms with Gasteiger partial charge >= 0.3 is 0 Å². The Morgan fingerprint density at radius 3 is 2.50 bits per heavy atom. The molecule has 0 unspecified atom stereocenters. The van der Waals surface area contributed by atoms with Crippen molar-refractivity contribution in [3.05, 3.63) is 71.9 Å². The molecule has 148 valence electrons. The normalized spacial score (nSPS) is 18.5. The lowest BCUT2D eigenvalue weighted by Crippen LogP contribution is -2.43. The summed E-state index contributed by atoms with van der Waals surface area (Å²) in [4.78, 5) is 3.17. The van der Waals surface area contributed by atoms with Gasteiger partial charge in [0.25, 0.3) is 5.76 Å². The van der Waals surface area contributed by atoms with E-state index in [4.69, 9.17) is 0 Å². The van der Waals surface area contributed by atoms with E-state index < -0.39 is 5.76 Å². The van der Waals surface area contributed by atoms with Crippen molar-refractivity contribution in [2.45, 2.75) is 41.8 Å². The zero-order valence-electron chi connectivity index (χ0n) is 16.0. The molecule has 0 amide bonds. The van der Waals surface area contributed by atoms with Crippen LogP contribution in [0.5, 0.6) is 0 Å². The third-order valence-corrected chi connectivity index (χ3v) is 6.83. The van der Waals surface area contributed by atoms with Crippen molar-refractivity contribution < 1.29 is 8.78 Å². The number of nitrogens with one attached hydrogen (secondary N) is 1. The molecule has 1 N–H and O–H groups in total. The highest BCUT2D eigenvalue weighted by Crippen LogP contribution is 2.49. The molecule has 5 heteroatoms. The molecule has 0 aliphatic carbocycles. The van der Waals surface area contributed by atoms with Gasteiger partial charge in [-0.15, -0.1) is 0 Å². The van der Waals surface area contributed by atoms with Crippen LogP contribution < -0.4 is 5.32 Å². The fourth-order valence-corrected chi connectivity index (χ4v) is 5.03. The molecular formula is C23H26F2N2S. The summed E-state index contributed by atoms with van der Waals surface area (Å²) in [6.45, 7) is 7.56. The number of aryl methyl sites for hydroxylation is 1. The number of rotatable bonds is 6. The number of para-hydroxylation sites is 1. The summed E-state index contributed by atoms with van der Waals surface area (Å²) in [7, 11) is 0. The second kappa shape index (κ2) is 8.26. The van der Waals surface area contributed by atoms with Gasteiger partial charge in [-0.1, -0.05) is 48.7 Å². The fourth-order valence-electron chi connectivity index (χ4n) is 4.53. The summed E-state index contributed by atoms with van der Waals surface area (Å²) < 4.78 is 24.8. The summed E-state index contributed by atoms with van der Waals surface area (Å²) >= 11 is 0.604. The molecule has 0 aromatic heterocycles. The largest absolute Gasteiger partial charge is 0.358 e. The van der Waals surface area contributed by atoms with Gasteiger partial charge in [0.1, 0.15) is 0 Å². The number of likely N-dealkylation sites (tertiary alicyclic amines) is 1. The van der Waals surface area contributed by atoms with Crippen LogP contribution in [-0.4, -0.2) is 30.3 Å². The van der Waals surface area contributed by atoms with Gasteiger partial charge in [0.2, 0.25) is 0 Å². The number of piperidine rings is 1. The number of hydrogen-bond donors (Lipinski definition) is 1. The van der Waals surface area contributed by atoms with Gasteiger partial charge in [-0.25, -0.2) is 0 Å². The van der Waals surface area contributed by atoms with Crippen LogP contribution in [0.1, 0.15) is 30.4 Å². The van der Waals surface area contributed by atoms with E-state index in [1.54, 1.807) is 12.1 Å². The second-order valence-electron chi connectivity index (χ2n) is 7.70. The number of nitrogens with zero attached hydrogens (tertiary/aromatic N) is 1. The van der Waals surface area contributed by atoms with Crippen LogP contribution in [0.25, 0.3) is 0 Å². The Balaban J connectivity index is 1.27. The average molecular weight is 401 g/mol. The third-order valence-electron chi connectivity index (χ3n) is 6.10. The van der Waals surface area contributed by atoms with Gasteiger partial charge in [-0.2, -0.15) is 8.78 Å². The Kier molecular flexibility index (Phi) is 5.74. The van der Waals surface area contributed by atoms with Crippen molar-refractivity contribution in [1.29, 1.82) is 0 Å². The standard InChI is InChI=1S/C23H26F2N2S/c1-17-23(20-6-2-3-7-21(20)26-17)12-15-27(16-13-23)14-4-5-18-8-10-19(11-9-18)28-22(24)25/h2-3,6-11,22,26H,1,4-5,12-16H2. The molecular weight excluding hydrogens is 374 g/mol. The molecule has 1 spiro atoms. The first-order valence-corrected chi connectivity index (χ1v) is 10.8. The number of benzene rings is 2. The van der Waals surface area contributed by atoms with E-state index in [1.165, 1.54) is 16.8 Å². The molecule has 1 saturated heterocycles. The Morgan fingerprint density at radius 1 is 1.07 bits per heavy atom. The lowest BCUT2D eigenvalue weighted by Gasteiger charge is -2.40. The number of allylic oxidation sites excluding steroid dienone is 1. The summed E-state index contributed by atoms with van der Waals surface area (Å²) in [6, 6.07) is 16.1. The molecule has 2 aromatic rings. The van der Waals surface area contributed by atoms with Crippen molar-refractivity contribution in [2.75, 3.05) is 25.0 Å². The smallest absolute Gasteiger partial charge is 0.288 e. The summed E-state index contributed by atoms with van der Waals surface area (Å²) in [5.74, 6) is -2.36. The second-order valence-corrected chi connectivity index (χ2v) is 8.76. The maximum atomic E-state index is 12.4. The Hall–Kier alpha value is -1.85. The number of halogens is 2. The maximum Gasteiger partial charge on any atom is 0.288 e. The monoisotopic (exact) mass is 400 g/mol. The molecule has 0 bridgehead atoms. The zero-order chi connectivity index (χ0) is 19.6. The molecule has 1 fully saturated rings. The number of fused-ring (bicyclic) bond motifs is 2. The topological polar surface area (TPSA) is 15.3 Å². The Bertz CT molecular complexity index is 827. The SMILES string of the molecule is C=C1Nc2ccccc2C12CCN(CCCc1ccc(SC(F)F)cc1)CC2. The average Bonchev–Trinajstić information content (AvgIpc) is 2.96. The molecule has 2 nitrogen and oxygen atoms in total. The molecule has 28 heavy (non-hydrogen) atoms. The van der Waals surface area contributed by atoms with Crippen LogP contribution >= 0.6 is 11.8 Å². The van der Waals surface area contributed by atoms with Crippen LogP contribution in [0, 0.1) is 0 Å². The predicted molar refractivity (Wildman–Crippen MR) is 113 cm³/mol. The molecule has 0 radical (unpaired) electrons. The van der Waals surface area contributed by atoms with E-state index in [-0.39, 0.29) is 5.41 Å². The van der Waals surface area contributed by atoms with Crippen molar-refractivity contribution in [2.24, 2.45) is 0 Å². The van der Waals surface area contributed by atoms with E-state index in [0.29, 0.717) is 16.7 Å². The lowest BCUT2D eigenvalue weighted by atomic mass is 9.72. The van der Waals surface area contributed by atoms with Crippen molar-refractivity contribution in [1.82, 2.24) is 4.90 Å². The highest BCUT2D eigenvalue weighted by atomic mass is 32.2. The maximum absolute atomic E-state index is 12.4. The van der Waals surface area contributed by atoms with E-state index >= 15 is 0 Å². The quantitative estimate of drug-likeness (QED) is 0.607. The van der Waals surface area contributed by atoms with Crippen LogP contribution in [-0.2, 0) is 11.8 Å². The number of hydrogen-bond acceptors (Lipinski definition) is 3. The number of thioether (sulfide) groups is 1. The van der Waals surface area contributed by atoms with E-state index in [9.17, 15) is 8.78 Å². The first kappa shape index (κ1) is 19.5. The van der Waals surface area contributed by atoms with Crippen LogP contribution in [0.3, 0.4) is 0 Å². The van der Waals surface area contributed by atoms with Crippen LogP contribution in [0.4, 0.5) is 14.5 Å². The van der Waals surface area contributed by atoms with Gasteiger partial charge in [-0.05, 0) is 74.6 Å². The molecule has 2 heterocycles. The first-order valence-electron chi connectivity index (χ1n) is 9.89. The number of anilines is 1. The van der Waals surface area contributed by atoms with Gasteiger partial charge in [0.15, 0.2) is 0 Å².